The second-order valence-corrected chi connectivity index (χ2v) is 4.88. The molecule has 1 saturated heterocycles. The zero-order chi connectivity index (χ0) is 15.6. The van der Waals surface area contributed by atoms with Crippen LogP contribution in [0.15, 0.2) is 12.1 Å². The molecule has 0 radical (unpaired) electrons. The number of nitrogens with zero attached hydrogens (tertiary/aromatic N) is 2. The van der Waals surface area contributed by atoms with E-state index in [1.54, 1.807) is 9.80 Å². The first kappa shape index (κ1) is 15.1. The number of piperazine rings is 1. The molecular formula is C14H18FN3O3. The van der Waals surface area contributed by atoms with Crippen LogP contribution in [0.3, 0.4) is 0 Å². The van der Waals surface area contributed by atoms with Gasteiger partial charge in [0, 0.05) is 38.8 Å². The highest BCUT2D eigenvalue weighted by molar-refractivity contribution is 5.96. The van der Waals surface area contributed by atoms with Gasteiger partial charge in [-0.15, -0.1) is 0 Å². The summed E-state index contributed by atoms with van der Waals surface area (Å²) in [5.41, 5.74) is 6.13. The van der Waals surface area contributed by atoms with Gasteiger partial charge in [-0.05, 0) is 12.1 Å². The summed E-state index contributed by atoms with van der Waals surface area (Å²) in [6, 6.07) is 2.53. The molecule has 0 aliphatic carbocycles. The maximum Gasteiger partial charge on any atom is 0.340 e. The Bertz CT molecular complexity index is 569. The molecule has 1 fully saturated rings. The fraction of sp³-hybridized carbons (Fsp3) is 0.429. The van der Waals surface area contributed by atoms with Crippen LogP contribution in [0.1, 0.15) is 17.3 Å². The molecule has 0 unspecified atom stereocenters. The van der Waals surface area contributed by atoms with Crippen LogP contribution in [0, 0.1) is 5.82 Å². The lowest BCUT2D eigenvalue weighted by atomic mass is 10.1. The highest BCUT2D eigenvalue weighted by Crippen LogP contribution is 2.27. The summed E-state index contributed by atoms with van der Waals surface area (Å²) in [7, 11) is 1.25. The van der Waals surface area contributed by atoms with E-state index in [4.69, 9.17) is 5.73 Å². The molecule has 0 aromatic heterocycles. The van der Waals surface area contributed by atoms with Crippen molar-refractivity contribution in [3.8, 4) is 0 Å². The molecule has 114 valence electrons. The van der Waals surface area contributed by atoms with E-state index in [-0.39, 0.29) is 17.2 Å². The van der Waals surface area contributed by atoms with Crippen LogP contribution in [0.5, 0.6) is 0 Å². The minimum Gasteiger partial charge on any atom is -0.465 e. The predicted molar refractivity (Wildman–Crippen MR) is 76.6 cm³/mol. The third-order valence-corrected chi connectivity index (χ3v) is 3.59. The van der Waals surface area contributed by atoms with Crippen LogP contribution in [0.2, 0.25) is 0 Å². The Morgan fingerprint density at radius 1 is 1.24 bits per heavy atom. The highest BCUT2D eigenvalue weighted by atomic mass is 19.1. The summed E-state index contributed by atoms with van der Waals surface area (Å²) in [4.78, 5) is 26.4. The summed E-state index contributed by atoms with van der Waals surface area (Å²) in [5.74, 6) is -1.09. The third-order valence-electron chi connectivity index (χ3n) is 3.59. The third kappa shape index (κ3) is 3.07. The summed E-state index contributed by atoms with van der Waals surface area (Å²) in [5, 5.41) is 0. The Kier molecular flexibility index (Phi) is 4.30. The topological polar surface area (TPSA) is 75.9 Å². The molecule has 1 aromatic rings. The molecule has 0 atom stereocenters. The number of amides is 1. The van der Waals surface area contributed by atoms with Crippen molar-refractivity contribution in [2.24, 2.45) is 0 Å². The Balaban J connectivity index is 2.24. The van der Waals surface area contributed by atoms with Crippen molar-refractivity contribution in [2.75, 3.05) is 43.9 Å². The van der Waals surface area contributed by atoms with Gasteiger partial charge >= 0.3 is 5.97 Å². The first-order chi connectivity index (χ1) is 9.93. The van der Waals surface area contributed by atoms with Gasteiger partial charge in [0.1, 0.15) is 5.82 Å². The molecule has 1 heterocycles. The lowest BCUT2D eigenvalue weighted by Gasteiger charge is -2.36. The normalized spacial score (nSPS) is 15.0. The van der Waals surface area contributed by atoms with Crippen molar-refractivity contribution in [1.29, 1.82) is 0 Å². The van der Waals surface area contributed by atoms with Gasteiger partial charge in [-0.2, -0.15) is 0 Å². The number of nitrogen functional groups attached to an aromatic ring is 1. The van der Waals surface area contributed by atoms with Gasteiger partial charge in [0.25, 0.3) is 0 Å². The minimum absolute atomic E-state index is 0.00248. The van der Waals surface area contributed by atoms with Crippen molar-refractivity contribution < 1.29 is 18.7 Å². The smallest absolute Gasteiger partial charge is 0.340 e. The molecule has 1 amide bonds. The van der Waals surface area contributed by atoms with Gasteiger partial charge in [-0.25, -0.2) is 9.18 Å². The molecule has 21 heavy (non-hydrogen) atoms. The van der Waals surface area contributed by atoms with Crippen molar-refractivity contribution in [3.63, 3.8) is 0 Å². The van der Waals surface area contributed by atoms with Crippen molar-refractivity contribution in [3.05, 3.63) is 23.5 Å². The zero-order valence-corrected chi connectivity index (χ0v) is 12.1. The van der Waals surface area contributed by atoms with Crippen LogP contribution >= 0.6 is 0 Å². The molecule has 1 aliphatic rings. The molecule has 6 nitrogen and oxygen atoms in total. The number of rotatable bonds is 2. The monoisotopic (exact) mass is 295 g/mol. The van der Waals surface area contributed by atoms with Gasteiger partial charge < -0.3 is 20.3 Å². The summed E-state index contributed by atoms with van der Waals surface area (Å²) in [6.07, 6.45) is 0. The van der Waals surface area contributed by atoms with E-state index in [2.05, 4.69) is 4.74 Å². The number of carbonyl (C=O) groups excluding carboxylic acids is 2. The van der Waals surface area contributed by atoms with Gasteiger partial charge in [0.2, 0.25) is 5.91 Å². The molecule has 0 bridgehead atoms. The maximum atomic E-state index is 14.1. The van der Waals surface area contributed by atoms with Crippen molar-refractivity contribution >= 4 is 23.3 Å². The first-order valence-electron chi connectivity index (χ1n) is 6.62. The van der Waals surface area contributed by atoms with E-state index < -0.39 is 11.8 Å². The Labute approximate surface area is 122 Å². The lowest BCUT2D eigenvalue weighted by Crippen LogP contribution is -2.48. The van der Waals surface area contributed by atoms with Crippen molar-refractivity contribution in [2.45, 2.75) is 6.92 Å². The van der Waals surface area contributed by atoms with Crippen LogP contribution in [0.25, 0.3) is 0 Å². The molecule has 2 rings (SSSR count). The summed E-state index contributed by atoms with van der Waals surface area (Å²) >= 11 is 0. The van der Waals surface area contributed by atoms with Gasteiger partial charge in [-0.3, -0.25) is 4.79 Å². The number of carbonyl (C=O) groups is 2. The highest BCUT2D eigenvalue weighted by Gasteiger charge is 2.23. The van der Waals surface area contributed by atoms with Gasteiger partial charge in [-0.1, -0.05) is 0 Å². The fourth-order valence-electron chi connectivity index (χ4n) is 2.37. The quantitative estimate of drug-likeness (QED) is 0.647. The SMILES string of the molecule is COC(=O)c1cc(N2CCN(C(C)=O)CC2)c(F)cc1N. The second-order valence-electron chi connectivity index (χ2n) is 4.88. The molecule has 2 N–H and O–H groups in total. The standard InChI is InChI=1S/C14H18FN3O3/c1-9(19)17-3-5-18(6-4-17)13-7-10(14(20)21-2)12(16)8-11(13)15/h7-8H,3-6,16H2,1-2H3. The summed E-state index contributed by atoms with van der Waals surface area (Å²) < 4.78 is 18.7. The van der Waals surface area contributed by atoms with E-state index in [0.717, 1.165) is 6.07 Å². The number of halogens is 1. The zero-order valence-electron chi connectivity index (χ0n) is 12.1. The average molecular weight is 295 g/mol. The van der Waals surface area contributed by atoms with Crippen molar-refractivity contribution in [1.82, 2.24) is 4.90 Å². The first-order valence-corrected chi connectivity index (χ1v) is 6.62. The minimum atomic E-state index is -0.601. The predicted octanol–water partition coefficient (Wildman–Crippen LogP) is 0.863. The van der Waals surface area contributed by atoms with Crippen LogP contribution in [0.4, 0.5) is 15.8 Å². The number of hydrogen-bond donors (Lipinski definition) is 1. The van der Waals surface area contributed by atoms with Crippen LogP contribution < -0.4 is 10.6 Å². The number of methoxy groups -OCH3 is 1. The van der Waals surface area contributed by atoms with Gasteiger partial charge in [0.15, 0.2) is 0 Å². The van der Waals surface area contributed by atoms with Gasteiger partial charge in [0.05, 0.1) is 18.4 Å². The second kappa shape index (κ2) is 5.99. The molecular weight excluding hydrogens is 277 g/mol. The van der Waals surface area contributed by atoms with E-state index in [9.17, 15) is 14.0 Å². The molecule has 1 aromatic carbocycles. The van der Waals surface area contributed by atoms with E-state index in [1.807, 2.05) is 0 Å². The van der Waals surface area contributed by atoms with E-state index >= 15 is 0 Å². The Hall–Kier alpha value is -2.31. The number of nitrogens with two attached hydrogens (primary N) is 1. The number of esters is 1. The van der Waals surface area contributed by atoms with Crippen LogP contribution in [-0.4, -0.2) is 50.1 Å². The molecule has 0 spiro atoms. The largest absolute Gasteiger partial charge is 0.465 e. The average Bonchev–Trinajstić information content (AvgIpc) is 2.47. The summed E-state index contributed by atoms with van der Waals surface area (Å²) in [6.45, 7) is 3.55. The lowest BCUT2D eigenvalue weighted by molar-refractivity contribution is -0.129. The Morgan fingerprint density at radius 3 is 2.38 bits per heavy atom. The number of anilines is 2. The Morgan fingerprint density at radius 2 is 1.86 bits per heavy atom. The molecule has 0 saturated carbocycles. The maximum absolute atomic E-state index is 14.1. The van der Waals surface area contributed by atoms with Crippen LogP contribution in [-0.2, 0) is 9.53 Å². The number of hydrogen-bond acceptors (Lipinski definition) is 5. The number of ether oxygens (including phenoxy) is 1. The molecule has 1 aliphatic heterocycles. The van der Waals surface area contributed by atoms with E-state index in [0.29, 0.717) is 31.9 Å². The number of benzene rings is 1. The molecule has 7 heteroatoms. The van der Waals surface area contributed by atoms with E-state index in [1.165, 1.54) is 20.1 Å². The fourth-order valence-corrected chi connectivity index (χ4v) is 2.37.